The van der Waals surface area contributed by atoms with E-state index < -0.39 is 0 Å². The predicted octanol–water partition coefficient (Wildman–Crippen LogP) is 3.29. The maximum absolute atomic E-state index is 13.2. The van der Waals surface area contributed by atoms with E-state index in [4.69, 9.17) is 0 Å². The molecule has 1 aromatic carbocycles. The van der Waals surface area contributed by atoms with Crippen molar-refractivity contribution < 1.29 is 4.39 Å². The van der Waals surface area contributed by atoms with E-state index in [9.17, 15) is 4.39 Å². The van der Waals surface area contributed by atoms with Gasteiger partial charge in [-0.15, -0.1) is 0 Å². The standard InChI is InChI=1S/C15H25FN2/c1-5-9-15(2,11-17-3)12-18(4)14-8-6-7-13(16)10-14/h6-8,10,17H,5,9,11-12H2,1-4H3. The van der Waals surface area contributed by atoms with Crippen molar-refractivity contribution in [3.05, 3.63) is 30.1 Å². The van der Waals surface area contributed by atoms with E-state index in [1.165, 1.54) is 6.07 Å². The second-order valence-electron chi connectivity index (χ2n) is 5.43. The molecule has 1 rings (SSSR count). The largest absolute Gasteiger partial charge is 0.374 e. The number of nitrogens with one attached hydrogen (secondary N) is 1. The molecular weight excluding hydrogens is 227 g/mol. The van der Waals surface area contributed by atoms with Crippen molar-refractivity contribution in [3.8, 4) is 0 Å². The van der Waals surface area contributed by atoms with E-state index in [1.807, 2.05) is 20.2 Å². The Morgan fingerprint density at radius 2 is 2.11 bits per heavy atom. The SMILES string of the molecule is CCCC(C)(CNC)CN(C)c1cccc(F)c1. The average Bonchev–Trinajstić information content (AvgIpc) is 2.29. The Hall–Kier alpha value is -1.09. The predicted molar refractivity (Wildman–Crippen MR) is 76.6 cm³/mol. The van der Waals surface area contributed by atoms with E-state index in [2.05, 4.69) is 24.1 Å². The Morgan fingerprint density at radius 1 is 1.39 bits per heavy atom. The van der Waals surface area contributed by atoms with Gasteiger partial charge in [0.1, 0.15) is 5.82 Å². The third kappa shape index (κ3) is 4.30. The monoisotopic (exact) mass is 252 g/mol. The molecule has 1 aromatic rings. The molecule has 0 aliphatic heterocycles. The van der Waals surface area contributed by atoms with Gasteiger partial charge in [-0.25, -0.2) is 4.39 Å². The highest BCUT2D eigenvalue weighted by Crippen LogP contribution is 2.26. The van der Waals surface area contributed by atoms with Crippen LogP contribution in [0.1, 0.15) is 26.7 Å². The van der Waals surface area contributed by atoms with E-state index >= 15 is 0 Å². The average molecular weight is 252 g/mol. The number of halogens is 1. The zero-order valence-electron chi connectivity index (χ0n) is 12.0. The molecule has 0 bridgehead atoms. The fourth-order valence-corrected chi connectivity index (χ4v) is 2.63. The summed E-state index contributed by atoms with van der Waals surface area (Å²) in [5.74, 6) is -0.176. The Kier molecular flexibility index (Phi) is 5.60. The molecule has 1 atom stereocenters. The molecule has 1 unspecified atom stereocenters. The molecule has 0 radical (unpaired) electrons. The topological polar surface area (TPSA) is 15.3 Å². The summed E-state index contributed by atoms with van der Waals surface area (Å²) >= 11 is 0. The summed E-state index contributed by atoms with van der Waals surface area (Å²) < 4.78 is 13.2. The lowest BCUT2D eigenvalue weighted by molar-refractivity contribution is 0.292. The van der Waals surface area contributed by atoms with Crippen molar-refractivity contribution >= 4 is 5.69 Å². The molecule has 0 aliphatic rings. The fourth-order valence-electron chi connectivity index (χ4n) is 2.63. The minimum absolute atomic E-state index is 0.176. The van der Waals surface area contributed by atoms with Crippen molar-refractivity contribution in [1.82, 2.24) is 5.32 Å². The fraction of sp³-hybridized carbons (Fsp3) is 0.600. The van der Waals surface area contributed by atoms with Gasteiger partial charge in [0.15, 0.2) is 0 Å². The normalized spacial score (nSPS) is 14.3. The number of nitrogens with zero attached hydrogens (tertiary/aromatic N) is 1. The van der Waals surface area contributed by atoms with E-state index in [0.717, 1.165) is 31.6 Å². The quantitative estimate of drug-likeness (QED) is 0.801. The van der Waals surface area contributed by atoms with Crippen molar-refractivity contribution in [2.45, 2.75) is 26.7 Å². The summed E-state index contributed by atoms with van der Waals surface area (Å²) in [5, 5.41) is 3.26. The molecule has 0 fully saturated rings. The smallest absolute Gasteiger partial charge is 0.125 e. The van der Waals surface area contributed by atoms with Crippen LogP contribution < -0.4 is 10.2 Å². The van der Waals surface area contributed by atoms with Crippen LogP contribution in [0.4, 0.5) is 10.1 Å². The molecule has 0 spiro atoms. The first-order valence-corrected chi connectivity index (χ1v) is 6.62. The summed E-state index contributed by atoms with van der Waals surface area (Å²) in [6.45, 7) is 6.38. The molecular formula is C15H25FN2. The Bertz CT molecular complexity index is 359. The molecule has 1 N–H and O–H groups in total. The highest BCUT2D eigenvalue weighted by molar-refractivity contribution is 5.45. The first kappa shape index (κ1) is 15.0. The van der Waals surface area contributed by atoms with E-state index in [1.54, 1.807) is 12.1 Å². The van der Waals surface area contributed by atoms with Crippen LogP contribution in [0.3, 0.4) is 0 Å². The Morgan fingerprint density at radius 3 is 2.67 bits per heavy atom. The lowest BCUT2D eigenvalue weighted by Gasteiger charge is -2.34. The summed E-state index contributed by atoms with van der Waals surface area (Å²) in [5.41, 5.74) is 1.15. The van der Waals surface area contributed by atoms with Gasteiger partial charge in [-0.1, -0.05) is 26.3 Å². The minimum Gasteiger partial charge on any atom is -0.374 e. The van der Waals surface area contributed by atoms with Crippen LogP contribution in [0.25, 0.3) is 0 Å². The maximum atomic E-state index is 13.2. The lowest BCUT2D eigenvalue weighted by Crippen LogP contribution is -2.40. The van der Waals surface area contributed by atoms with Crippen molar-refractivity contribution in [1.29, 1.82) is 0 Å². The first-order chi connectivity index (χ1) is 8.50. The van der Waals surface area contributed by atoms with Gasteiger partial charge in [-0.2, -0.15) is 0 Å². The van der Waals surface area contributed by atoms with Gasteiger partial charge in [-0.05, 0) is 37.1 Å². The van der Waals surface area contributed by atoms with E-state index in [-0.39, 0.29) is 11.2 Å². The summed E-state index contributed by atoms with van der Waals surface area (Å²) in [6.07, 6.45) is 2.32. The van der Waals surface area contributed by atoms with Gasteiger partial charge in [-0.3, -0.25) is 0 Å². The Labute approximate surface area is 110 Å². The molecule has 0 heterocycles. The van der Waals surface area contributed by atoms with Crippen molar-refractivity contribution in [2.24, 2.45) is 5.41 Å². The van der Waals surface area contributed by atoms with Crippen LogP contribution >= 0.6 is 0 Å². The lowest BCUT2D eigenvalue weighted by atomic mass is 9.85. The summed E-state index contributed by atoms with van der Waals surface area (Å²) in [4.78, 5) is 2.13. The van der Waals surface area contributed by atoms with Crippen LogP contribution in [0.2, 0.25) is 0 Å². The number of benzene rings is 1. The molecule has 18 heavy (non-hydrogen) atoms. The van der Waals surface area contributed by atoms with Crippen LogP contribution in [-0.4, -0.2) is 27.2 Å². The molecule has 0 aromatic heterocycles. The Balaban J connectivity index is 2.74. The molecule has 102 valence electrons. The molecule has 0 saturated carbocycles. The molecule has 3 heteroatoms. The number of anilines is 1. The van der Waals surface area contributed by atoms with Gasteiger partial charge in [0.05, 0.1) is 0 Å². The minimum atomic E-state index is -0.176. The molecule has 2 nitrogen and oxygen atoms in total. The number of hydrogen-bond donors (Lipinski definition) is 1. The third-order valence-electron chi connectivity index (χ3n) is 3.32. The van der Waals surface area contributed by atoms with Crippen LogP contribution in [0, 0.1) is 11.2 Å². The van der Waals surface area contributed by atoms with Gasteiger partial charge in [0.25, 0.3) is 0 Å². The van der Waals surface area contributed by atoms with Gasteiger partial charge in [0.2, 0.25) is 0 Å². The molecule has 0 saturated heterocycles. The second kappa shape index (κ2) is 6.74. The first-order valence-electron chi connectivity index (χ1n) is 6.62. The second-order valence-corrected chi connectivity index (χ2v) is 5.43. The zero-order valence-corrected chi connectivity index (χ0v) is 12.0. The van der Waals surface area contributed by atoms with Crippen molar-refractivity contribution in [3.63, 3.8) is 0 Å². The maximum Gasteiger partial charge on any atom is 0.125 e. The third-order valence-corrected chi connectivity index (χ3v) is 3.32. The highest BCUT2D eigenvalue weighted by atomic mass is 19.1. The molecule has 0 aliphatic carbocycles. The summed E-state index contributed by atoms with van der Waals surface area (Å²) in [6, 6.07) is 6.78. The van der Waals surface area contributed by atoms with Gasteiger partial charge < -0.3 is 10.2 Å². The number of hydrogen-bond acceptors (Lipinski definition) is 2. The van der Waals surface area contributed by atoms with Crippen molar-refractivity contribution in [2.75, 3.05) is 32.1 Å². The zero-order chi connectivity index (χ0) is 13.6. The molecule has 0 amide bonds. The highest BCUT2D eigenvalue weighted by Gasteiger charge is 2.24. The summed E-state index contributed by atoms with van der Waals surface area (Å²) in [7, 11) is 4.01. The van der Waals surface area contributed by atoms with Gasteiger partial charge >= 0.3 is 0 Å². The van der Waals surface area contributed by atoms with Crippen LogP contribution in [0.5, 0.6) is 0 Å². The number of rotatable bonds is 7. The van der Waals surface area contributed by atoms with Gasteiger partial charge in [0, 0.05) is 25.8 Å². The van der Waals surface area contributed by atoms with Crippen LogP contribution in [-0.2, 0) is 0 Å². The van der Waals surface area contributed by atoms with Crippen LogP contribution in [0.15, 0.2) is 24.3 Å². The van der Waals surface area contributed by atoms with E-state index in [0.29, 0.717) is 0 Å².